The Hall–Kier alpha value is -2.53. The van der Waals surface area contributed by atoms with Gasteiger partial charge in [0.25, 0.3) is 0 Å². The predicted octanol–water partition coefficient (Wildman–Crippen LogP) is 15.9. The SMILES string of the molecule is C=N/C(=C/Cc1cc(C)cc2c1C(CC)=C(F)CC2)C(=C)C(=C)NCC(N)CCC.CC.CC.CC.CC.CCC(C)CCC(CC)C(C)CC.CCF. The number of fused-ring (bicyclic) bond motifs is 1. The second-order valence-corrected chi connectivity index (χ2v) is 12.9. The number of nitrogens with one attached hydrogen (secondary N) is 1. The average Bonchev–Trinajstić information content (AvgIpc) is 3.20. The molecule has 0 spiro atoms. The van der Waals surface area contributed by atoms with E-state index in [0.29, 0.717) is 42.8 Å². The first-order valence-corrected chi connectivity index (χ1v) is 22.0. The summed E-state index contributed by atoms with van der Waals surface area (Å²) in [5, 5.41) is 3.26. The number of hydrogen-bond acceptors (Lipinski definition) is 3. The number of alkyl halides is 1. The molecule has 54 heavy (non-hydrogen) atoms. The summed E-state index contributed by atoms with van der Waals surface area (Å²) in [6, 6.07) is 4.41. The van der Waals surface area contributed by atoms with E-state index in [1.807, 2.05) is 68.4 Å². The van der Waals surface area contributed by atoms with Gasteiger partial charge in [-0.15, -0.1) is 0 Å². The van der Waals surface area contributed by atoms with Crippen LogP contribution < -0.4 is 11.1 Å². The number of hydrogen-bond donors (Lipinski definition) is 2. The summed E-state index contributed by atoms with van der Waals surface area (Å²) in [5.74, 6) is 2.85. The molecule has 0 amide bonds. The lowest BCUT2D eigenvalue weighted by molar-refractivity contribution is 0.291. The number of halogens is 2. The number of benzene rings is 1. The van der Waals surface area contributed by atoms with Crippen molar-refractivity contribution in [2.45, 2.75) is 194 Å². The quantitative estimate of drug-likeness (QED) is 0.116. The Morgan fingerprint density at radius 2 is 1.43 bits per heavy atom. The lowest BCUT2D eigenvalue weighted by Crippen LogP contribution is -2.33. The Morgan fingerprint density at radius 1 is 0.870 bits per heavy atom. The van der Waals surface area contributed by atoms with Crippen LogP contribution >= 0.6 is 0 Å². The first-order chi connectivity index (χ1) is 25.9. The highest BCUT2D eigenvalue weighted by atomic mass is 19.1. The number of rotatable bonds is 18. The molecule has 318 valence electrons. The zero-order valence-electron chi connectivity index (χ0n) is 39.1. The second-order valence-electron chi connectivity index (χ2n) is 12.9. The van der Waals surface area contributed by atoms with Crippen molar-refractivity contribution in [3.8, 4) is 0 Å². The minimum absolute atomic E-state index is 0.0200. The summed E-state index contributed by atoms with van der Waals surface area (Å²) in [4.78, 5) is 4.17. The van der Waals surface area contributed by atoms with E-state index in [0.717, 1.165) is 53.7 Å². The molecule has 0 bridgehead atoms. The molecule has 3 N–H and O–H groups in total. The van der Waals surface area contributed by atoms with Crippen molar-refractivity contribution in [1.29, 1.82) is 0 Å². The van der Waals surface area contributed by atoms with Crippen LogP contribution in [0.15, 0.2) is 59.2 Å². The summed E-state index contributed by atoms with van der Waals surface area (Å²) < 4.78 is 24.8. The zero-order valence-corrected chi connectivity index (χ0v) is 39.1. The molecule has 1 aromatic carbocycles. The van der Waals surface area contributed by atoms with Crippen LogP contribution in [0.1, 0.15) is 191 Å². The molecular weight excluding hydrogens is 669 g/mol. The van der Waals surface area contributed by atoms with E-state index in [2.05, 4.69) is 90.8 Å². The van der Waals surface area contributed by atoms with Crippen molar-refractivity contribution < 1.29 is 8.78 Å². The van der Waals surface area contributed by atoms with Gasteiger partial charge in [-0.2, -0.15) is 0 Å². The summed E-state index contributed by atoms with van der Waals surface area (Å²) in [5.41, 5.74) is 13.6. The van der Waals surface area contributed by atoms with E-state index in [1.54, 1.807) is 0 Å². The Bertz CT molecular complexity index is 1120. The van der Waals surface area contributed by atoms with Crippen LogP contribution in [-0.2, 0) is 12.8 Å². The summed E-state index contributed by atoms with van der Waals surface area (Å²) in [7, 11) is 0. The highest BCUT2D eigenvalue weighted by Gasteiger charge is 2.21. The number of nitrogens with zero attached hydrogens (tertiary/aromatic N) is 1. The van der Waals surface area contributed by atoms with Gasteiger partial charge in [0.15, 0.2) is 0 Å². The van der Waals surface area contributed by atoms with Gasteiger partial charge >= 0.3 is 0 Å². The maximum absolute atomic E-state index is 14.5. The fourth-order valence-electron chi connectivity index (χ4n) is 5.99. The fraction of sp³-hybridized carbons (Fsp3) is 0.694. The van der Waals surface area contributed by atoms with Crippen molar-refractivity contribution in [3.05, 3.63) is 76.4 Å². The lowest BCUT2D eigenvalue weighted by atomic mass is 9.83. The van der Waals surface area contributed by atoms with E-state index in [-0.39, 0.29) is 18.5 Å². The predicted molar refractivity (Wildman–Crippen MR) is 247 cm³/mol. The second kappa shape index (κ2) is 41.6. The third-order valence-corrected chi connectivity index (χ3v) is 9.34. The molecule has 1 aliphatic rings. The van der Waals surface area contributed by atoms with Crippen molar-refractivity contribution >= 4 is 12.3 Å². The maximum Gasteiger partial charge on any atom is 0.104 e. The van der Waals surface area contributed by atoms with Crippen LogP contribution in [0, 0.1) is 24.7 Å². The smallest absolute Gasteiger partial charge is 0.104 e. The summed E-state index contributed by atoms with van der Waals surface area (Å²) in [6.45, 7) is 47.7. The molecular formula is C49H93F2N3. The number of aliphatic imine (C=N–C) groups is 1. The molecule has 0 saturated carbocycles. The van der Waals surface area contributed by atoms with E-state index < -0.39 is 0 Å². The fourth-order valence-corrected chi connectivity index (χ4v) is 5.99. The van der Waals surface area contributed by atoms with Crippen LogP contribution in [0.4, 0.5) is 8.78 Å². The van der Waals surface area contributed by atoms with Crippen molar-refractivity contribution in [1.82, 2.24) is 5.32 Å². The van der Waals surface area contributed by atoms with Gasteiger partial charge in [-0.3, -0.25) is 9.38 Å². The van der Waals surface area contributed by atoms with Gasteiger partial charge in [-0.25, -0.2) is 4.39 Å². The molecule has 0 saturated heterocycles. The normalized spacial score (nSPS) is 13.4. The number of allylic oxidation sites excluding steroid dienone is 3. The Labute approximate surface area is 338 Å². The Kier molecular flexibility index (Phi) is 46.8. The average molecular weight is 762 g/mol. The van der Waals surface area contributed by atoms with Gasteiger partial charge < -0.3 is 11.1 Å². The van der Waals surface area contributed by atoms with Crippen LogP contribution in [-0.4, -0.2) is 26.0 Å². The van der Waals surface area contributed by atoms with Crippen molar-refractivity contribution in [2.75, 3.05) is 13.2 Å². The highest BCUT2D eigenvalue weighted by Crippen LogP contribution is 2.37. The summed E-state index contributed by atoms with van der Waals surface area (Å²) >= 11 is 0. The third kappa shape index (κ3) is 26.3. The first-order valence-electron chi connectivity index (χ1n) is 22.0. The molecule has 2 rings (SSSR count). The van der Waals surface area contributed by atoms with Gasteiger partial charge in [0.05, 0.1) is 12.4 Å². The minimum atomic E-state index is -0.250. The van der Waals surface area contributed by atoms with E-state index in [9.17, 15) is 8.78 Å². The minimum Gasteiger partial charge on any atom is -0.383 e. The summed E-state index contributed by atoms with van der Waals surface area (Å²) in [6.07, 6.45) is 13.5. The molecule has 0 fully saturated rings. The topological polar surface area (TPSA) is 50.4 Å². The number of nitrogens with two attached hydrogens (primary N) is 1. The molecule has 0 heterocycles. The molecule has 0 radical (unpaired) electrons. The van der Waals surface area contributed by atoms with Gasteiger partial charge in [0, 0.05) is 30.3 Å². The molecule has 1 aromatic rings. The zero-order chi connectivity index (χ0) is 43.2. The van der Waals surface area contributed by atoms with E-state index in [1.165, 1.54) is 50.2 Å². The van der Waals surface area contributed by atoms with Crippen LogP contribution in [0.3, 0.4) is 0 Å². The maximum atomic E-state index is 14.5. The molecule has 1 aliphatic carbocycles. The Morgan fingerprint density at radius 3 is 1.87 bits per heavy atom. The monoisotopic (exact) mass is 762 g/mol. The molecule has 0 aliphatic heterocycles. The van der Waals surface area contributed by atoms with Gasteiger partial charge in [0.2, 0.25) is 0 Å². The highest BCUT2D eigenvalue weighted by molar-refractivity contribution is 5.75. The molecule has 3 nitrogen and oxygen atoms in total. The van der Waals surface area contributed by atoms with Crippen LogP contribution in [0.25, 0.3) is 5.57 Å². The van der Waals surface area contributed by atoms with Crippen molar-refractivity contribution in [3.63, 3.8) is 0 Å². The standard InChI is InChI=1S/C26H36FN3.C13H28.C2H5F.4C2H6/c1-7-9-22(28)16-30-19(5)18(4)25(29-6)13-11-21-15-17(3)14-20-10-12-24(27)23(8-2)26(20)21;1-6-11(4)9-10-13(8-3)12(5)7-2;1-2-3;4*1-2/h13-15,22,30H,4-12,16,28H2,1-3H3;11-13H,6-10H2,1-5H3;2H2,1H3;4*1-2H3/b25-13+;;;;;;. The molecule has 4 unspecified atom stereocenters. The van der Waals surface area contributed by atoms with Crippen LogP contribution in [0.5, 0.6) is 0 Å². The Balaban J connectivity index is -0.000000278. The van der Waals surface area contributed by atoms with E-state index in [4.69, 9.17) is 5.73 Å². The third-order valence-electron chi connectivity index (χ3n) is 9.34. The largest absolute Gasteiger partial charge is 0.383 e. The molecule has 0 aromatic heterocycles. The molecule has 4 atom stereocenters. The number of aryl methyl sites for hydroxylation is 2. The van der Waals surface area contributed by atoms with Crippen LogP contribution in [0.2, 0.25) is 0 Å². The van der Waals surface area contributed by atoms with E-state index >= 15 is 0 Å². The van der Waals surface area contributed by atoms with Gasteiger partial charge in [-0.05, 0) is 92.7 Å². The molecule has 5 heteroatoms. The van der Waals surface area contributed by atoms with Gasteiger partial charge in [-0.1, -0.05) is 173 Å². The van der Waals surface area contributed by atoms with Gasteiger partial charge in [0.1, 0.15) is 5.83 Å². The lowest BCUT2D eigenvalue weighted by Gasteiger charge is -2.23. The first kappa shape index (κ1) is 60.7. The van der Waals surface area contributed by atoms with Crippen molar-refractivity contribution in [2.24, 2.45) is 28.5 Å².